The van der Waals surface area contributed by atoms with Gasteiger partial charge in [-0.1, -0.05) is 29.4 Å². The Morgan fingerprint density at radius 1 is 1.47 bits per heavy atom. The van der Waals surface area contributed by atoms with Crippen molar-refractivity contribution in [2.45, 2.75) is 0 Å². The number of aromatic hydroxyl groups is 1. The van der Waals surface area contributed by atoms with Gasteiger partial charge >= 0.3 is 0 Å². The van der Waals surface area contributed by atoms with Gasteiger partial charge in [0.15, 0.2) is 6.29 Å². The summed E-state index contributed by atoms with van der Waals surface area (Å²) in [6.45, 7) is 0.210. The summed E-state index contributed by atoms with van der Waals surface area (Å²) < 4.78 is 0. The molecule has 1 N–H and O–H groups in total. The average molecular weight is 203 g/mol. The predicted octanol–water partition coefficient (Wildman–Crippen LogP) is 2.53. The Hall–Kier alpha value is -2.26. The maximum atomic E-state index is 10.5. The molecular weight excluding hydrogens is 194 g/mol. The van der Waals surface area contributed by atoms with Gasteiger partial charge in [-0.2, -0.15) is 0 Å². The number of phenols is 1. The highest BCUT2D eigenvalue weighted by Crippen LogP contribution is 2.21. The third-order valence-electron chi connectivity index (χ3n) is 1.77. The molecular formula is C10H9N3O2. The van der Waals surface area contributed by atoms with Crippen LogP contribution in [0.2, 0.25) is 0 Å². The third kappa shape index (κ3) is 2.86. The Kier molecular flexibility index (Phi) is 3.94. The van der Waals surface area contributed by atoms with Crippen molar-refractivity contribution in [2.24, 2.45) is 5.11 Å². The molecule has 0 aliphatic carbocycles. The molecule has 0 aromatic heterocycles. The molecule has 0 unspecified atom stereocenters. The summed E-state index contributed by atoms with van der Waals surface area (Å²) in [5.74, 6) is -0.0651. The number of hydrogen-bond donors (Lipinski definition) is 1. The molecule has 0 bridgehead atoms. The molecule has 0 spiro atoms. The molecule has 0 saturated carbocycles. The van der Waals surface area contributed by atoms with Gasteiger partial charge in [-0.3, -0.25) is 4.79 Å². The molecule has 0 aliphatic heterocycles. The first-order valence-electron chi connectivity index (χ1n) is 4.24. The van der Waals surface area contributed by atoms with Gasteiger partial charge in [-0.15, -0.1) is 0 Å². The maximum Gasteiger partial charge on any atom is 0.153 e. The molecule has 0 radical (unpaired) electrons. The molecule has 0 amide bonds. The zero-order valence-corrected chi connectivity index (χ0v) is 7.87. The van der Waals surface area contributed by atoms with Crippen LogP contribution in [0.1, 0.15) is 15.9 Å². The maximum absolute atomic E-state index is 10.5. The van der Waals surface area contributed by atoms with Crippen LogP contribution < -0.4 is 0 Å². The molecule has 0 saturated heterocycles. The van der Waals surface area contributed by atoms with E-state index in [0.29, 0.717) is 11.8 Å². The smallest absolute Gasteiger partial charge is 0.153 e. The van der Waals surface area contributed by atoms with E-state index in [0.717, 1.165) is 0 Å². The summed E-state index contributed by atoms with van der Waals surface area (Å²) in [5.41, 5.74) is 8.79. The standard InChI is InChI=1S/C10H9N3O2/c11-13-12-6-2-5-8-3-1-4-9(7-14)10(8)15/h1-5,7,15H,6H2. The monoisotopic (exact) mass is 203 g/mol. The second-order valence-corrected chi connectivity index (χ2v) is 2.72. The van der Waals surface area contributed by atoms with E-state index in [1.54, 1.807) is 24.3 Å². The minimum Gasteiger partial charge on any atom is -0.507 e. The molecule has 5 heteroatoms. The number of benzene rings is 1. The van der Waals surface area contributed by atoms with Crippen molar-refractivity contribution in [1.29, 1.82) is 0 Å². The van der Waals surface area contributed by atoms with Crippen LogP contribution in [0, 0.1) is 0 Å². The molecule has 5 nitrogen and oxygen atoms in total. The Bertz CT molecular complexity index is 434. The van der Waals surface area contributed by atoms with Crippen LogP contribution in [-0.2, 0) is 0 Å². The number of nitrogens with zero attached hydrogens (tertiary/aromatic N) is 3. The van der Waals surface area contributed by atoms with Crippen LogP contribution in [0.15, 0.2) is 29.4 Å². The molecule has 15 heavy (non-hydrogen) atoms. The van der Waals surface area contributed by atoms with E-state index in [-0.39, 0.29) is 17.9 Å². The predicted molar refractivity (Wildman–Crippen MR) is 56.5 cm³/mol. The number of carbonyl (C=O) groups is 1. The van der Waals surface area contributed by atoms with Crippen molar-refractivity contribution < 1.29 is 9.90 Å². The summed E-state index contributed by atoms with van der Waals surface area (Å²) in [5, 5.41) is 12.9. The highest BCUT2D eigenvalue weighted by atomic mass is 16.3. The van der Waals surface area contributed by atoms with Crippen LogP contribution in [0.4, 0.5) is 0 Å². The lowest BCUT2D eigenvalue weighted by molar-refractivity contribution is 0.112. The fraction of sp³-hybridized carbons (Fsp3) is 0.100. The van der Waals surface area contributed by atoms with E-state index < -0.39 is 0 Å². The van der Waals surface area contributed by atoms with Gasteiger partial charge in [0.05, 0.1) is 5.56 Å². The molecule has 0 aliphatic rings. The quantitative estimate of drug-likeness (QED) is 0.353. The van der Waals surface area contributed by atoms with Gasteiger partial charge in [0.25, 0.3) is 0 Å². The van der Waals surface area contributed by atoms with Crippen molar-refractivity contribution in [2.75, 3.05) is 6.54 Å². The normalized spacial score (nSPS) is 9.87. The minimum atomic E-state index is -0.0651. The van der Waals surface area contributed by atoms with Crippen molar-refractivity contribution in [3.8, 4) is 5.75 Å². The first-order chi connectivity index (χ1) is 7.29. The molecule has 0 fully saturated rings. The SMILES string of the molecule is [N-]=[N+]=NCC=Cc1cccc(C=O)c1O. The first-order valence-corrected chi connectivity index (χ1v) is 4.24. The highest BCUT2D eigenvalue weighted by Gasteiger charge is 2.02. The van der Waals surface area contributed by atoms with Gasteiger partial charge in [0.2, 0.25) is 0 Å². The largest absolute Gasteiger partial charge is 0.507 e. The second-order valence-electron chi connectivity index (χ2n) is 2.72. The van der Waals surface area contributed by atoms with Crippen molar-refractivity contribution in [3.63, 3.8) is 0 Å². The van der Waals surface area contributed by atoms with Crippen molar-refractivity contribution in [3.05, 3.63) is 45.8 Å². The zero-order valence-electron chi connectivity index (χ0n) is 7.87. The van der Waals surface area contributed by atoms with Crippen molar-refractivity contribution >= 4 is 12.4 Å². The lowest BCUT2D eigenvalue weighted by Crippen LogP contribution is -1.83. The van der Waals surface area contributed by atoms with E-state index in [1.807, 2.05) is 0 Å². The van der Waals surface area contributed by atoms with Gasteiger partial charge in [-0.25, -0.2) is 0 Å². The lowest BCUT2D eigenvalue weighted by Gasteiger charge is -2.00. The molecule has 76 valence electrons. The lowest BCUT2D eigenvalue weighted by atomic mass is 10.1. The van der Waals surface area contributed by atoms with E-state index in [4.69, 9.17) is 5.53 Å². The van der Waals surface area contributed by atoms with Crippen LogP contribution in [0.3, 0.4) is 0 Å². The van der Waals surface area contributed by atoms with Gasteiger partial charge < -0.3 is 5.11 Å². The number of rotatable bonds is 4. The Morgan fingerprint density at radius 3 is 2.87 bits per heavy atom. The Labute approximate surface area is 86.3 Å². The Balaban J connectivity index is 2.90. The van der Waals surface area contributed by atoms with E-state index >= 15 is 0 Å². The molecule has 1 aromatic rings. The number of carbonyl (C=O) groups excluding carboxylic acids is 1. The van der Waals surface area contributed by atoms with Crippen LogP contribution >= 0.6 is 0 Å². The molecule has 1 aromatic carbocycles. The minimum absolute atomic E-state index is 0.0651. The second kappa shape index (κ2) is 5.47. The van der Waals surface area contributed by atoms with E-state index in [2.05, 4.69) is 10.0 Å². The van der Waals surface area contributed by atoms with Crippen molar-refractivity contribution in [1.82, 2.24) is 0 Å². The summed E-state index contributed by atoms with van der Waals surface area (Å²) in [6, 6.07) is 4.85. The van der Waals surface area contributed by atoms with Crippen LogP contribution in [0.5, 0.6) is 5.75 Å². The van der Waals surface area contributed by atoms with Crippen LogP contribution in [-0.4, -0.2) is 17.9 Å². The fourth-order valence-corrected chi connectivity index (χ4v) is 1.07. The topological polar surface area (TPSA) is 86.1 Å². The molecule has 0 heterocycles. The number of para-hydroxylation sites is 1. The van der Waals surface area contributed by atoms with Gasteiger partial charge in [0, 0.05) is 17.0 Å². The van der Waals surface area contributed by atoms with Gasteiger partial charge in [-0.05, 0) is 11.6 Å². The summed E-state index contributed by atoms with van der Waals surface area (Å²) in [6.07, 6.45) is 3.78. The van der Waals surface area contributed by atoms with Gasteiger partial charge in [0.1, 0.15) is 5.75 Å². The number of azide groups is 1. The average Bonchev–Trinajstić information content (AvgIpc) is 2.26. The third-order valence-corrected chi connectivity index (χ3v) is 1.77. The highest BCUT2D eigenvalue weighted by molar-refractivity contribution is 5.82. The fourth-order valence-electron chi connectivity index (χ4n) is 1.07. The van der Waals surface area contributed by atoms with E-state index in [1.165, 1.54) is 6.07 Å². The summed E-state index contributed by atoms with van der Waals surface area (Å²) in [7, 11) is 0. The zero-order chi connectivity index (χ0) is 11.1. The Morgan fingerprint density at radius 2 is 2.20 bits per heavy atom. The van der Waals surface area contributed by atoms with Crippen LogP contribution in [0.25, 0.3) is 16.5 Å². The molecule has 0 atom stereocenters. The summed E-state index contributed by atoms with van der Waals surface area (Å²) in [4.78, 5) is 13.1. The molecule has 1 rings (SSSR count). The number of phenolic OH excluding ortho intramolecular Hbond substituents is 1. The number of aldehydes is 1. The summed E-state index contributed by atoms with van der Waals surface area (Å²) >= 11 is 0. The van der Waals surface area contributed by atoms with E-state index in [9.17, 15) is 9.90 Å². The number of hydrogen-bond acceptors (Lipinski definition) is 3. The first kappa shape index (κ1) is 10.8.